The zero-order valence-corrected chi connectivity index (χ0v) is 32.1. The molecule has 2 aromatic heterocycles. The molecule has 0 bridgehead atoms. The molecule has 3 heterocycles. The number of benzene rings is 9. The summed E-state index contributed by atoms with van der Waals surface area (Å²) >= 11 is 0. The van der Waals surface area contributed by atoms with Crippen LogP contribution in [0.4, 0.5) is 5.69 Å². The maximum absolute atomic E-state index is 6.35. The van der Waals surface area contributed by atoms with Crippen molar-refractivity contribution in [3.63, 3.8) is 0 Å². The monoisotopic (exact) mass is 754 g/mol. The first kappa shape index (κ1) is 33.4. The van der Waals surface area contributed by atoms with Gasteiger partial charge in [-0.1, -0.05) is 140 Å². The van der Waals surface area contributed by atoms with Gasteiger partial charge in [-0.3, -0.25) is 4.99 Å². The van der Waals surface area contributed by atoms with Crippen molar-refractivity contribution in [2.24, 2.45) is 4.99 Å². The van der Waals surface area contributed by atoms with Crippen LogP contribution in [0.5, 0.6) is 0 Å². The molecule has 0 spiro atoms. The van der Waals surface area contributed by atoms with Crippen LogP contribution in [-0.4, -0.2) is 20.7 Å². The number of aryl methyl sites for hydroxylation is 1. The molecular weight excluding hydrogens is 721 g/mol. The van der Waals surface area contributed by atoms with E-state index in [2.05, 4.69) is 165 Å². The lowest BCUT2D eigenvalue weighted by atomic mass is 9.90. The minimum atomic E-state index is 0.577. The van der Waals surface area contributed by atoms with Gasteiger partial charge >= 0.3 is 0 Å². The fourth-order valence-electron chi connectivity index (χ4n) is 9.00. The van der Waals surface area contributed by atoms with Gasteiger partial charge in [0, 0.05) is 39.4 Å². The quantitative estimate of drug-likeness (QED) is 0.164. The van der Waals surface area contributed by atoms with E-state index in [-0.39, 0.29) is 0 Å². The van der Waals surface area contributed by atoms with Gasteiger partial charge in [0.2, 0.25) is 0 Å². The lowest BCUT2D eigenvalue weighted by Gasteiger charge is -2.15. The van der Waals surface area contributed by atoms with Gasteiger partial charge in [-0.2, -0.15) is 0 Å². The van der Waals surface area contributed by atoms with Gasteiger partial charge in [-0.15, -0.1) is 0 Å². The standard InChI is InChI=1S/C54H34N4O/c1-32-12-2-4-14-37(32)46-28-35(23-26-43(46)49-30-33-13-3-10-20-48(33)55-49)53-56-52(57-54(58-53)36-24-27-45-44-19-9-11-21-50(44)59-51(45)31-36)34-22-25-42-40-17-6-5-15-38(40)39-16-7-8-18-41(39)47(42)29-34/h2-29,31H,30H2,1H3. The minimum absolute atomic E-state index is 0.577. The molecule has 0 amide bonds. The van der Waals surface area contributed by atoms with Gasteiger partial charge in [-0.05, 0) is 97.9 Å². The number of nitrogens with zero attached hydrogens (tertiary/aromatic N) is 4. The van der Waals surface area contributed by atoms with Gasteiger partial charge in [0.05, 0.1) is 11.4 Å². The molecule has 276 valence electrons. The van der Waals surface area contributed by atoms with Crippen molar-refractivity contribution >= 4 is 65.7 Å². The van der Waals surface area contributed by atoms with Crippen LogP contribution >= 0.6 is 0 Å². The van der Waals surface area contributed by atoms with Crippen molar-refractivity contribution in [2.45, 2.75) is 13.3 Å². The molecule has 0 N–H and O–H groups in total. The van der Waals surface area contributed by atoms with E-state index in [1.54, 1.807) is 0 Å². The second kappa shape index (κ2) is 13.2. The summed E-state index contributed by atoms with van der Waals surface area (Å²) in [4.78, 5) is 20.9. The number of para-hydroxylation sites is 2. The number of aromatic nitrogens is 3. The SMILES string of the molecule is Cc1ccccc1-c1cc(-c2nc(-c3ccc4c(c3)oc3ccccc34)nc(-c3ccc4c5ccccc5c5ccccc5c4c3)n2)ccc1C1=Nc2ccccc2C1. The Bertz CT molecular complexity index is 3530. The topological polar surface area (TPSA) is 64.2 Å². The molecular formula is C54H34N4O. The lowest BCUT2D eigenvalue weighted by Crippen LogP contribution is -2.05. The van der Waals surface area contributed by atoms with E-state index in [4.69, 9.17) is 24.4 Å². The summed E-state index contributed by atoms with van der Waals surface area (Å²) in [5, 5.41) is 9.39. The molecule has 0 saturated carbocycles. The summed E-state index contributed by atoms with van der Waals surface area (Å²) in [7, 11) is 0. The van der Waals surface area contributed by atoms with Crippen LogP contribution < -0.4 is 0 Å². The van der Waals surface area contributed by atoms with Crippen LogP contribution in [-0.2, 0) is 6.42 Å². The third-order valence-corrected chi connectivity index (χ3v) is 11.9. The minimum Gasteiger partial charge on any atom is -0.456 e. The van der Waals surface area contributed by atoms with Crippen LogP contribution in [0, 0.1) is 6.92 Å². The molecule has 0 atom stereocenters. The van der Waals surface area contributed by atoms with Crippen LogP contribution in [0.3, 0.4) is 0 Å². The van der Waals surface area contributed by atoms with E-state index in [1.807, 2.05) is 18.2 Å². The highest BCUT2D eigenvalue weighted by molar-refractivity contribution is 6.25. The molecule has 5 heteroatoms. The number of fused-ring (bicyclic) bond motifs is 10. The lowest BCUT2D eigenvalue weighted by molar-refractivity contribution is 0.669. The van der Waals surface area contributed by atoms with E-state index in [1.165, 1.54) is 38.1 Å². The molecule has 0 aliphatic carbocycles. The van der Waals surface area contributed by atoms with Crippen molar-refractivity contribution in [1.82, 2.24) is 15.0 Å². The Morgan fingerprint density at radius 3 is 1.63 bits per heavy atom. The normalized spacial score (nSPS) is 12.5. The first-order valence-electron chi connectivity index (χ1n) is 20.0. The van der Waals surface area contributed by atoms with Crippen LogP contribution in [0.15, 0.2) is 185 Å². The highest BCUT2D eigenvalue weighted by Crippen LogP contribution is 2.40. The van der Waals surface area contributed by atoms with Gasteiger partial charge in [0.15, 0.2) is 17.5 Å². The third kappa shape index (κ3) is 5.47. The molecule has 59 heavy (non-hydrogen) atoms. The number of furan rings is 1. The second-order valence-corrected chi connectivity index (χ2v) is 15.4. The van der Waals surface area contributed by atoms with Gasteiger partial charge in [0.1, 0.15) is 11.2 Å². The van der Waals surface area contributed by atoms with Crippen molar-refractivity contribution in [3.05, 3.63) is 193 Å². The number of hydrogen-bond acceptors (Lipinski definition) is 5. The van der Waals surface area contributed by atoms with E-state index in [0.717, 1.165) is 78.5 Å². The van der Waals surface area contributed by atoms with E-state index in [0.29, 0.717) is 17.5 Å². The third-order valence-electron chi connectivity index (χ3n) is 11.9. The van der Waals surface area contributed by atoms with Crippen molar-refractivity contribution in [1.29, 1.82) is 0 Å². The summed E-state index contributed by atoms with van der Waals surface area (Å²) in [5.74, 6) is 1.77. The summed E-state index contributed by atoms with van der Waals surface area (Å²) in [5.41, 5.74) is 12.2. The molecule has 11 aromatic rings. The van der Waals surface area contributed by atoms with Gasteiger partial charge < -0.3 is 4.42 Å². The highest BCUT2D eigenvalue weighted by Gasteiger charge is 2.22. The zero-order valence-electron chi connectivity index (χ0n) is 32.1. The number of hydrogen-bond donors (Lipinski definition) is 0. The Balaban J connectivity index is 1.08. The van der Waals surface area contributed by atoms with E-state index in [9.17, 15) is 0 Å². The average molecular weight is 755 g/mol. The molecule has 0 unspecified atom stereocenters. The molecule has 9 aromatic carbocycles. The van der Waals surface area contributed by atoms with Gasteiger partial charge in [-0.25, -0.2) is 15.0 Å². The average Bonchev–Trinajstić information content (AvgIpc) is 3.90. The van der Waals surface area contributed by atoms with Crippen LogP contribution in [0.25, 0.3) is 99.5 Å². The van der Waals surface area contributed by atoms with Crippen molar-refractivity contribution in [2.75, 3.05) is 0 Å². The summed E-state index contributed by atoms with van der Waals surface area (Å²) in [6.07, 6.45) is 0.782. The molecule has 0 fully saturated rings. The second-order valence-electron chi connectivity index (χ2n) is 15.4. The van der Waals surface area contributed by atoms with Gasteiger partial charge in [0.25, 0.3) is 0 Å². The Hall–Kier alpha value is -7.76. The van der Waals surface area contributed by atoms with Crippen LogP contribution in [0.1, 0.15) is 16.7 Å². The Morgan fingerprint density at radius 2 is 0.915 bits per heavy atom. The van der Waals surface area contributed by atoms with E-state index >= 15 is 0 Å². The maximum atomic E-state index is 6.35. The molecule has 1 aliphatic heterocycles. The molecule has 0 radical (unpaired) electrons. The predicted molar refractivity (Wildman–Crippen MR) is 242 cm³/mol. The highest BCUT2D eigenvalue weighted by atomic mass is 16.3. The molecule has 12 rings (SSSR count). The van der Waals surface area contributed by atoms with Crippen LogP contribution in [0.2, 0.25) is 0 Å². The maximum Gasteiger partial charge on any atom is 0.164 e. The van der Waals surface area contributed by atoms with Crippen molar-refractivity contribution in [3.8, 4) is 45.3 Å². The first-order chi connectivity index (χ1) is 29.1. The zero-order chi connectivity index (χ0) is 39.0. The number of rotatable bonds is 5. The summed E-state index contributed by atoms with van der Waals surface area (Å²) in [6.45, 7) is 2.16. The summed E-state index contributed by atoms with van der Waals surface area (Å²) in [6, 6.07) is 61.8. The summed E-state index contributed by atoms with van der Waals surface area (Å²) < 4.78 is 6.35. The Morgan fingerprint density at radius 1 is 0.390 bits per heavy atom. The molecule has 0 saturated heterocycles. The predicted octanol–water partition coefficient (Wildman–Crippen LogP) is 13.9. The molecule has 5 nitrogen and oxygen atoms in total. The first-order valence-corrected chi connectivity index (χ1v) is 20.0. The Labute approximate surface area is 340 Å². The number of aliphatic imine (C=N–C) groups is 1. The van der Waals surface area contributed by atoms with Crippen molar-refractivity contribution < 1.29 is 4.42 Å². The largest absolute Gasteiger partial charge is 0.456 e. The van der Waals surface area contributed by atoms with E-state index < -0.39 is 0 Å². The Kier molecular flexibility index (Phi) is 7.44. The fraction of sp³-hybridized carbons (Fsp3) is 0.0370. The fourth-order valence-corrected chi connectivity index (χ4v) is 9.00. The smallest absolute Gasteiger partial charge is 0.164 e. The molecule has 1 aliphatic rings.